The zero-order chi connectivity index (χ0) is 26.1. The summed E-state index contributed by atoms with van der Waals surface area (Å²) in [6.07, 6.45) is 9.05. The molecule has 4 rings (SSSR count). The van der Waals surface area contributed by atoms with Crippen molar-refractivity contribution in [2.75, 3.05) is 0 Å². The van der Waals surface area contributed by atoms with Crippen LogP contribution in [0.3, 0.4) is 0 Å². The quantitative estimate of drug-likeness (QED) is 0.398. The van der Waals surface area contributed by atoms with Crippen molar-refractivity contribution in [3.8, 4) is 11.1 Å². The van der Waals surface area contributed by atoms with Crippen LogP contribution >= 0.6 is 0 Å². The van der Waals surface area contributed by atoms with Crippen LogP contribution in [0.25, 0.3) is 17.2 Å². The zero-order valence-electron chi connectivity index (χ0n) is 22.0. The molecule has 0 radical (unpaired) electrons. The van der Waals surface area contributed by atoms with Crippen LogP contribution in [0.2, 0.25) is 18.1 Å². The average Bonchev–Trinajstić information content (AvgIpc) is 3.12. The van der Waals surface area contributed by atoms with Gasteiger partial charge in [-0.1, -0.05) is 45.0 Å². The van der Waals surface area contributed by atoms with E-state index in [1.807, 2.05) is 18.2 Å². The van der Waals surface area contributed by atoms with Crippen molar-refractivity contribution in [2.24, 2.45) is 17.8 Å². The first-order valence-electron chi connectivity index (χ1n) is 13.0. The first-order valence-corrected chi connectivity index (χ1v) is 15.9. The fourth-order valence-corrected chi connectivity index (χ4v) is 6.97. The van der Waals surface area contributed by atoms with Crippen molar-refractivity contribution in [2.45, 2.75) is 76.7 Å². The smallest absolute Gasteiger partial charge is 0.404 e. The second-order valence-electron chi connectivity index (χ2n) is 12.0. The summed E-state index contributed by atoms with van der Waals surface area (Å²) >= 11 is 0. The molecule has 2 aliphatic carbocycles. The summed E-state index contributed by atoms with van der Waals surface area (Å²) in [5.74, 6) is 0.950. The van der Waals surface area contributed by atoms with Crippen molar-refractivity contribution in [3.05, 3.63) is 60.2 Å². The molecule has 2 N–H and O–H groups in total. The number of nitrogens with zero attached hydrogens (tertiary/aromatic N) is 1. The molecule has 194 valence electrons. The van der Waals surface area contributed by atoms with Gasteiger partial charge in [0.1, 0.15) is 5.82 Å². The Bertz CT molecular complexity index is 1100. The van der Waals surface area contributed by atoms with Gasteiger partial charge < -0.3 is 14.8 Å². The van der Waals surface area contributed by atoms with Crippen LogP contribution in [0.15, 0.2) is 48.7 Å². The van der Waals surface area contributed by atoms with Crippen molar-refractivity contribution in [1.82, 2.24) is 10.3 Å². The van der Waals surface area contributed by atoms with E-state index in [9.17, 15) is 14.3 Å². The number of hydrogen-bond donors (Lipinski definition) is 2. The summed E-state index contributed by atoms with van der Waals surface area (Å²) in [4.78, 5) is 15.8. The van der Waals surface area contributed by atoms with E-state index in [2.05, 4.69) is 56.3 Å². The second-order valence-corrected chi connectivity index (χ2v) is 16.7. The predicted molar refractivity (Wildman–Crippen MR) is 145 cm³/mol. The first-order chi connectivity index (χ1) is 16.9. The summed E-state index contributed by atoms with van der Waals surface area (Å²) in [6.45, 7) is 11.4. The van der Waals surface area contributed by atoms with Crippen molar-refractivity contribution in [3.63, 3.8) is 0 Å². The van der Waals surface area contributed by atoms with Crippen molar-refractivity contribution < 1.29 is 18.7 Å². The second kappa shape index (κ2) is 10.5. The lowest BCUT2D eigenvalue weighted by Crippen LogP contribution is -2.45. The van der Waals surface area contributed by atoms with Gasteiger partial charge in [-0.25, -0.2) is 9.18 Å². The number of pyridine rings is 1. The molecule has 2 aromatic rings. The molecule has 1 unspecified atom stereocenters. The Balaban J connectivity index is 1.53. The fraction of sp³-hybridized carbons (Fsp3) is 0.517. The normalized spacial score (nSPS) is 26.7. The minimum Gasteiger partial charge on any atom is -0.465 e. The molecule has 1 aromatic heterocycles. The average molecular weight is 511 g/mol. The molecule has 5 nitrogen and oxygen atoms in total. The van der Waals surface area contributed by atoms with Gasteiger partial charge in [0.05, 0.1) is 11.8 Å². The van der Waals surface area contributed by atoms with Crippen LogP contribution in [-0.2, 0) is 4.43 Å². The van der Waals surface area contributed by atoms with E-state index in [4.69, 9.17) is 4.43 Å². The molecular weight excluding hydrogens is 471 g/mol. The molecule has 2 aliphatic rings. The highest BCUT2D eigenvalue weighted by Crippen LogP contribution is 2.50. The number of carbonyl (C=O) groups is 1. The van der Waals surface area contributed by atoms with Crippen LogP contribution in [0.5, 0.6) is 0 Å². The lowest BCUT2D eigenvalue weighted by atomic mass is 9.76. The number of nitrogens with one attached hydrogen (secondary N) is 1. The van der Waals surface area contributed by atoms with Gasteiger partial charge in [-0.3, -0.25) is 4.98 Å². The molecule has 0 aliphatic heterocycles. The Hall–Kier alpha value is -2.51. The summed E-state index contributed by atoms with van der Waals surface area (Å²) in [5, 5.41) is 12.0. The van der Waals surface area contributed by atoms with Gasteiger partial charge in [-0.05, 0) is 85.5 Å². The van der Waals surface area contributed by atoms with E-state index in [-0.39, 0.29) is 28.9 Å². The molecule has 1 amide bonds. The van der Waals surface area contributed by atoms with Gasteiger partial charge in [0.15, 0.2) is 8.32 Å². The number of benzene rings is 1. The number of amides is 1. The standard InChI is InChI=1S/C29H39FN2O3Si/c1-29(2,3)36(4,5)35-27-17-21-16-24(32-28(33)34)12-13-25(21)26(27)14-11-23-10-9-20(18-31-23)19-7-6-8-22(30)15-19/h6-11,14-15,18,21,24-27,32H,12-13,16-17H2,1-5H3,(H,33,34)/b14-11+/t21-,24?,25+,26-,27+/m0/s1. The molecule has 36 heavy (non-hydrogen) atoms. The maximum absolute atomic E-state index is 13.6. The maximum atomic E-state index is 13.6. The topological polar surface area (TPSA) is 71.5 Å². The Morgan fingerprint density at radius 1 is 1.17 bits per heavy atom. The summed E-state index contributed by atoms with van der Waals surface area (Å²) < 4.78 is 20.6. The third-order valence-electron chi connectivity index (χ3n) is 8.51. The number of fused-ring (bicyclic) bond motifs is 1. The Morgan fingerprint density at radius 3 is 2.58 bits per heavy atom. The largest absolute Gasteiger partial charge is 0.465 e. The molecule has 0 saturated heterocycles. The molecule has 1 heterocycles. The van der Waals surface area contributed by atoms with Crippen molar-refractivity contribution >= 4 is 20.5 Å². The third kappa shape index (κ3) is 6.06. The van der Waals surface area contributed by atoms with Gasteiger partial charge in [0.2, 0.25) is 0 Å². The molecule has 0 bridgehead atoms. The summed E-state index contributed by atoms with van der Waals surface area (Å²) in [5.41, 5.74) is 2.56. The van der Waals surface area contributed by atoms with Gasteiger partial charge in [0.25, 0.3) is 0 Å². The molecule has 2 fully saturated rings. The number of halogens is 1. The predicted octanol–water partition coefficient (Wildman–Crippen LogP) is 7.36. The van der Waals surface area contributed by atoms with Crippen molar-refractivity contribution in [1.29, 1.82) is 0 Å². The SMILES string of the molecule is CC(C)(C)[Si](C)(C)O[C@@H]1C[C@@H]2CC(NC(=O)O)CC[C@H]2[C@@H]1/C=C/c1ccc(-c2cccc(F)c2)cn1. The van der Waals surface area contributed by atoms with E-state index >= 15 is 0 Å². The van der Waals surface area contributed by atoms with Gasteiger partial charge in [0, 0.05) is 23.7 Å². The lowest BCUT2D eigenvalue weighted by Gasteiger charge is -2.40. The monoisotopic (exact) mass is 510 g/mol. The van der Waals surface area contributed by atoms with E-state index in [1.54, 1.807) is 12.3 Å². The molecule has 2 saturated carbocycles. The Kier molecular flexibility index (Phi) is 7.71. The van der Waals surface area contributed by atoms with Gasteiger partial charge in [-0.2, -0.15) is 0 Å². The summed E-state index contributed by atoms with van der Waals surface area (Å²) in [7, 11) is -1.97. The van der Waals surface area contributed by atoms with E-state index in [0.717, 1.165) is 42.5 Å². The van der Waals surface area contributed by atoms with E-state index < -0.39 is 14.4 Å². The maximum Gasteiger partial charge on any atom is 0.404 e. The molecular formula is C29H39FN2O3Si. The summed E-state index contributed by atoms with van der Waals surface area (Å²) in [6, 6.07) is 10.5. The highest BCUT2D eigenvalue weighted by atomic mass is 28.4. The van der Waals surface area contributed by atoms with Gasteiger partial charge >= 0.3 is 6.09 Å². The first kappa shape index (κ1) is 26.5. The highest BCUT2D eigenvalue weighted by Gasteiger charge is 2.49. The van der Waals surface area contributed by atoms with E-state index in [1.165, 1.54) is 12.1 Å². The molecule has 5 atom stereocenters. The zero-order valence-corrected chi connectivity index (χ0v) is 23.0. The van der Waals surface area contributed by atoms with Crippen LogP contribution in [0, 0.1) is 23.6 Å². The van der Waals surface area contributed by atoms with Crippen LogP contribution in [-0.4, -0.2) is 36.6 Å². The minimum atomic E-state index is -1.97. The Labute approximate surface area is 215 Å². The van der Waals surface area contributed by atoms with Crippen LogP contribution in [0.4, 0.5) is 9.18 Å². The number of aromatic nitrogens is 1. The lowest BCUT2D eigenvalue weighted by molar-refractivity contribution is 0.145. The Morgan fingerprint density at radius 2 is 1.94 bits per heavy atom. The third-order valence-corrected chi connectivity index (χ3v) is 13.0. The molecule has 1 aromatic carbocycles. The minimum absolute atomic E-state index is 0.0250. The molecule has 0 spiro atoms. The fourth-order valence-electron chi connectivity index (χ4n) is 5.60. The number of carboxylic acid groups (broad SMARTS) is 1. The molecule has 7 heteroatoms. The van der Waals surface area contributed by atoms with Gasteiger partial charge in [-0.15, -0.1) is 0 Å². The van der Waals surface area contributed by atoms with E-state index in [0.29, 0.717) is 11.8 Å². The van der Waals surface area contributed by atoms with Crippen LogP contribution < -0.4 is 5.32 Å². The highest BCUT2D eigenvalue weighted by molar-refractivity contribution is 6.74. The van der Waals surface area contributed by atoms with Crippen LogP contribution in [0.1, 0.15) is 52.1 Å². The number of rotatable bonds is 6. The number of hydrogen-bond acceptors (Lipinski definition) is 3.